The minimum atomic E-state index is -1.12. The molecule has 4 unspecified atom stereocenters. The maximum Gasteiger partial charge on any atom is 0.328 e. The second-order valence-corrected chi connectivity index (χ2v) is 9.86. The van der Waals surface area contributed by atoms with Crippen molar-refractivity contribution in [3.05, 3.63) is 70.0 Å². The molecule has 1 fully saturated rings. The molecule has 36 heavy (non-hydrogen) atoms. The number of hydrogen-bond acceptors (Lipinski definition) is 7. The second-order valence-electron chi connectivity index (χ2n) is 9.86. The summed E-state index contributed by atoms with van der Waals surface area (Å²) >= 11 is 0. The highest BCUT2D eigenvalue weighted by molar-refractivity contribution is 6.23. The van der Waals surface area contributed by atoms with E-state index in [1.54, 1.807) is 25.3 Å². The summed E-state index contributed by atoms with van der Waals surface area (Å²) in [5.41, 5.74) is 8.53. The number of hydrogen-bond donors (Lipinski definition) is 2. The number of allylic oxidation sites excluding steroid dienone is 7. The third kappa shape index (κ3) is 2.98. The number of ketones is 2. The van der Waals surface area contributed by atoms with Crippen molar-refractivity contribution in [1.82, 2.24) is 4.90 Å². The van der Waals surface area contributed by atoms with Gasteiger partial charge in [-0.1, -0.05) is 11.6 Å². The fraction of sp³-hybridized carbons (Fsp3) is 0.296. The predicted molar refractivity (Wildman–Crippen MR) is 124 cm³/mol. The predicted octanol–water partition coefficient (Wildman–Crippen LogP) is 2.25. The van der Waals surface area contributed by atoms with Gasteiger partial charge >= 0.3 is 6.03 Å². The fourth-order valence-corrected chi connectivity index (χ4v) is 6.39. The van der Waals surface area contributed by atoms with Gasteiger partial charge in [0.25, 0.3) is 0 Å². The number of imide groups is 3. The Kier molecular flexibility index (Phi) is 4.70. The highest BCUT2D eigenvalue weighted by atomic mass is 16.5. The molecule has 9 heteroatoms. The highest BCUT2D eigenvalue weighted by Gasteiger charge is 2.57. The molecule has 1 aromatic rings. The van der Waals surface area contributed by atoms with Gasteiger partial charge in [-0.25, -0.2) is 4.79 Å². The van der Waals surface area contributed by atoms with Gasteiger partial charge in [0.1, 0.15) is 11.5 Å². The Hall–Kier alpha value is -4.27. The number of primary amides is 1. The summed E-state index contributed by atoms with van der Waals surface area (Å²) in [6, 6.07) is 3.64. The number of carbonyl (C=O) groups is 5. The number of fused-ring (bicyclic) bond motifs is 4. The molecule has 0 aromatic heterocycles. The Balaban J connectivity index is 1.49. The summed E-state index contributed by atoms with van der Waals surface area (Å²) in [7, 11) is 0. The quantitative estimate of drug-likeness (QED) is 0.352. The van der Waals surface area contributed by atoms with Gasteiger partial charge in [-0.3, -0.25) is 19.2 Å². The number of likely N-dealkylation sites (tertiary alicyclic amines) is 1. The average molecular weight is 486 g/mol. The van der Waals surface area contributed by atoms with Crippen LogP contribution in [0.3, 0.4) is 0 Å². The Morgan fingerprint density at radius 2 is 1.92 bits per heavy atom. The van der Waals surface area contributed by atoms with E-state index in [1.807, 2.05) is 6.08 Å². The number of nitrogens with two attached hydrogens (primary N) is 1. The van der Waals surface area contributed by atoms with Crippen LogP contribution in [0.5, 0.6) is 11.5 Å². The molecule has 3 N–H and O–H groups in total. The van der Waals surface area contributed by atoms with Crippen molar-refractivity contribution in [3.63, 3.8) is 0 Å². The molecular formula is C27H22N2O7. The molecule has 6 rings (SSSR count). The summed E-state index contributed by atoms with van der Waals surface area (Å²) < 4.78 is 5.84. The van der Waals surface area contributed by atoms with Gasteiger partial charge in [0.15, 0.2) is 11.6 Å². The standard InChI is InChI=1S/C27H22N2O7/c1-11-6-19(31)18-9-17-15(3-4-16-22(17)26(34)29(25(16)33)27(28)35)21(23(18)24(11)32)13-7-12-8-14(30)2-5-20(12)36-10-13/h2-3,5-6,8,10,16-17,21-22,30H,4,7,9H2,1H3,(H2,28,35). The van der Waals surface area contributed by atoms with Crippen molar-refractivity contribution in [2.45, 2.75) is 26.2 Å². The molecular weight excluding hydrogens is 464 g/mol. The molecule has 0 saturated carbocycles. The van der Waals surface area contributed by atoms with E-state index in [0.717, 1.165) is 11.1 Å². The zero-order chi connectivity index (χ0) is 25.5. The summed E-state index contributed by atoms with van der Waals surface area (Å²) in [5.74, 6) is -3.98. The first kappa shape index (κ1) is 22.2. The number of amides is 4. The smallest absolute Gasteiger partial charge is 0.328 e. The van der Waals surface area contributed by atoms with Gasteiger partial charge in [-0.2, -0.15) is 4.90 Å². The largest absolute Gasteiger partial charge is 0.508 e. The van der Waals surface area contributed by atoms with Crippen LogP contribution in [0.2, 0.25) is 0 Å². The number of phenolic OH excluding ortho intramolecular Hbond substituents is 1. The van der Waals surface area contributed by atoms with Gasteiger partial charge in [0.2, 0.25) is 11.8 Å². The van der Waals surface area contributed by atoms with Crippen molar-refractivity contribution in [3.8, 4) is 11.5 Å². The number of ether oxygens (including phenoxy) is 1. The molecule has 1 saturated heterocycles. The monoisotopic (exact) mass is 486 g/mol. The fourth-order valence-electron chi connectivity index (χ4n) is 6.39. The second kappa shape index (κ2) is 7.61. The molecule has 0 radical (unpaired) electrons. The molecule has 0 bridgehead atoms. The molecule has 3 aliphatic carbocycles. The number of carbonyl (C=O) groups excluding carboxylic acids is 5. The average Bonchev–Trinajstić information content (AvgIpc) is 3.10. The van der Waals surface area contributed by atoms with Gasteiger partial charge in [0, 0.05) is 34.6 Å². The molecule has 2 heterocycles. The Bertz CT molecular complexity index is 1440. The van der Waals surface area contributed by atoms with E-state index in [9.17, 15) is 29.1 Å². The van der Waals surface area contributed by atoms with E-state index in [0.29, 0.717) is 39.4 Å². The molecule has 0 spiro atoms. The maximum absolute atomic E-state index is 13.4. The molecule has 2 aliphatic heterocycles. The maximum atomic E-state index is 13.4. The molecule has 4 amide bonds. The van der Waals surface area contributed by atoms with Gasteiger partial charge < -0.3 is 15.6 Å². The van der Waals surface area contributed by atoms with Crippen LogP contribution < -0.4 is 10.5 Å². The summed E-state index contributed by atoms with van der Waals surface area (Å²) in [6.07, 6.45) is 5.42. The van der Waals surface area contributed by atoms with Crippen LogP contribution in [-0.4, -0.2) is 39.4 Å². The van der Waals surface area contributed by atoms with Crippen LogP contribution in [0.4, 0.5) is 4.79 Å². The minimum absolute atomic E-state index is 0.0732. The number of Topliss-reactive ketones (excluding diaryl/α,β-unsaturated/α-hetero) is 1. The number of urea groups is 1. The zero-order valence-electron chi connectivity index (χ0n) is 19.3. The molecule has 5 aliphatic rings. The van der Waals surface area contributed by atoms with E-state index < -0.39 is 41.5 Å². The first-order valence-corrected chi connectivity index (χ1v) is 11.7. The number of nitrogens with zero attached hydrogens (tertiary/aromatic N) is 1. The van der Waals surface area contributed by atoms with Crippen LogP contribution in [0.25, 0.3) is 0 Å². The van der Waals surface area contributed by atoms with Gasteiger partial charge in [-0.05, 0) is 55.5 Å². The van der Waals surface area contributed by atoms with Crippen molar-refractivity contribution < 1.29 is 33.8 Å². The summed E-state index contributed by atoms with van der Waals surface area (Å²) in [5, 5.41) is 9.98. The van der Waals surface area contributed by atoms with Crippen molar-refractivity contribution in [2.75, 3.05) is 0 Å². The van der Waals surface area contributed by atoms with Crippen LogP contribution in [0, 0.1) is 23.7 Å². The highest BCUT2D eigenvalue weighted by Crippen LogP contribution is 2.54. The number of aromatic hydroxyl groups is 1. The van der Waals surface area contributed by atoms with E-state index in [2.05, 4.69) is 0 Å². The van der Waals surface area contributed by atoms with Crippen LogP contribution in [-0.2, 0) is 25.6 Å². The lowest BCUT2D eigenvalue weighted by Gasteiger charge is -2.43. The van der Waals surface area contributed by atoms with Crippen LogP contribution >= 0.6 is 0 Å². The Morgan fingerprint density at radius 3 is 2.67 bits per heavy atom. The lowest BCUT2D eigenvalue weighted by Crippen LogP contribution is -2.43. The lowest BCUT2D eigenvalue weighted by molar-refractivity contribution is -0.136. The first-order chi connectivity index (χ1) is 17.2. The van der Waals surface area contributed by atoms with Crippen molar-refractivity contribution in [2.24, 2.45) is 29.4 Å². The zero-order valence-corrected chi connectivity index (χ0v) is 19.3. The molecule has 4 atom stereocenters. The van der Waals surface area contributed by atoms with Gasteiger partial charge in [0.05, 0.1) is 18.1 Å². The van der Waals surface area contributed by atoms with E-state index >= 15 is 0 Å². The van der Waals surface area contributed by atoms with E-state index in [4.69, 9.17) is 10.5 Å². The minimum Gasteiger partial charge on any atom is -0.508 e. The van der Waals surface area contributed by atoms with Crippen molar-refractivity contribution >= 4 is 29.4 Å². The lowest BCUT2D eigenvalue weighted by atomic mass is 9.58. The van der Waals surface area contributed by atoms with Crippen LogP contribution in [0.15, 0.2) is 64.5 Å². The molecule has 1 aromatic carbocycles. The third-order valence-electron chi connectivity index (χ3n) is 7.93. The third-order valence-corrected chi connectivity index (χ3v) is 7.93. The Labute approximate surface area is 205 Å². The number of phenols is 1. The summed E-state index contributed by atoms with van der Waals surface area (Å²) in [4.78, 5) is 65.0. The summed E-state index contributed by atoms with van der Waals surface area (Å²) in [6.45, 7) is 1.60. The van der Waals surface area contributed by atoms with E-state index in [1.165, 1.54) is 12.1 Å². The Morgan fingerprint density at radius 1 is 1.14 bits per heavy atom. The van der Waals surface area contributed by atoms with Crippen LogP contribution in [0.1, 0.15) is 25.3 Å². The van der Waals surface area contributed by atoms with Crippen molar-refractivity contribution in [1.29, 1.82) is 0 Å². The van der Waals surface area contributed by atoms with E-state index in [-0.39, 0.29) is 30.2 Å². The van der Waals surface area contributed by atoms with Gasteiger partial charge in [-0.15, -0.1) is 0 Å². The molecule has 182 valence electrons. The normalized spacial score (nSPS) is 28.9. The number of benzene rings is 1. The topological polar surface area (TPSA) is 144 Å². The first-order valence-electron chi connectivity index (χ1n) is 11.7. The number of rotatable bonds is 1. The molecule has 9 nitrogen and oxygen atoms in total. The SMILES string of the molecule is CC1=CC(=O)C2=C(C1=O)C(C1=COc3ccc(O)cc3C1)C1=CCC3C(=O)N(C(N)=O)C(=O)C3C1C2.